The summed E-state index contributed by atoms with van der Waals surface area (Å²) in [7, 11) is 3.45. The van der Waals surface area contributed by atoms with Gasteiger partial charge in [-0.3, -0.25) is 4.79 Å². The predicted molar refractivity (Wildman–Crippen MR) is 98.8 cm³/mol. The third-order valence-corrected chi connectivity index (χ3v) is 4.65. The van der Waals surface area contributed by atoms with Crippen molar-refractivity contribution < 1.29 is 9.18 Å². The van der Waals surface area contributed by atoms with Crippen LogP contribution < -0.4 is 10.6 Å². The molecule has 0 aromatic heterocycles. The number of rotatable bonds is 5. The van der Waals surface area contributed by atoms with Crippen LogP contribution in [-0.2, 0) is 11.3 Å². The second kappa shape index (κ2) is 9.39. The van der Waals surface area contributed by atoms with Crippen molar-refractivity contribution >= 4 is 11.9 Å². The van der Waals surface area contributed by atoms with Crippen molar-refractivity contribution in [2.24, 2.45) is 10.9 Å². The maximum Gasteiger partial charge on any atom is 0.241 e. The van der Waals surface area contributed by atoms with Gasteiger partial charge in [0.25, 0.3) is 0 Å². The van der Waals surface area contributed by atoms with Gasteiger partial charge >= 0.3 is 0 Å². The Labute approximate surface area is 149 Å². The third kappa shape index (κ3) is 6.36. The van der Waals surface area contributed by atoms with Crippen LogP contribution in [0.5, 0.6) is 0 Å². The van der Waals surface area contributed by atoms with E-state index in [0.29, 0.717) is 24.5 Å². The minimum atomic E-state index is -0.265. The number of halogens is 1. The predicted octanol–water partition coefficient (Wildman–Crippen LogP) is 2.53. The van der Waals surface area contributed by atoms with E-state index in [2.05, 4.69) is 22.5 Å². The van der Waals surface area contributed by atoms with Gasteiger partial charge in [-0.15, -0.1) is 0 Å². The summed E-state index contributed by atoms with van der Waals surface area (Å²) in [6.45, 7) is 2.79. The molecule has 0 radical (unpaired) electrons. The van der Waals surface area contributed by atoms with E-state index < -0.39 is 0 Å². The number of aliphatic imine (C=N–C) groups is 1. The second-order valence-electron chi connectivity index (χ2n) is 6.95. The molecule has 1 aliphatic carbocycles. The molecule has 25 heavy (non-hydrogen) atoms. The summed E-state index contributed by atoms with van der Waals surface area (Å²) in [4.78, 5) is 17.9. The number of guanidine groups is 1. The van der Waals surface area contributed by atoms with Crippen LogP contribution in [0.1, 0.15) is 38.2 Å². The smallest absolute Gasteiger partial charge is 0.241 e. The molecule has 2 atom stereocenters. The first-order valence-electron chi connectivity index (χ1n) is 8.95. The normalized spacial score (nSPS) is 20.9. The van der Waals surface area contributed by atoms with Gasteiger partial charge in [0.2, 0.25) is 5.91 Å². The van der Waals surface area contributed by atoms with Gasteiger partial charge in [-0.25, -0.2) is 9.38 Å². The Morgan fingerprint density at radius 1 is 1.32 bits per heavy atom. The average molecular weight is 348 g/mol. The molecular formula is C19H29FN4O. The van der Waals surface area contributed by atoms with Gasteiger partial charge in [0.05, 0.1) is 13.1 Å². The Balaban J connectivity index is 2.04. The standard InChI is InChI=1S/C19H29FN4O/c1-14-7-4-5-10-17(14)23-19(22-13-18(25)24(2)3)21-12-15-8-6-9-16(20)11-15/h6,8-9,11,14,17H,4-5,7,10,12-13H2,1-3H3,(H2,21,22,23). The molecule has 138 valence electrons. The summed E-state index contributed by atoms with van der Waals surface area (Å²) >= 11 is 0. The van der Waals surface area contributed by atoms with E-state index in [0.717, 1.165) is 12.0 Å². The molecule has 0 aliphatic heterocycles. The Morgan fingerprint density at radius 3 is 2.76 bits per heavy atom. The quantitative estimate of drug-likeness (QED) is 0.635. The minimum Gasteiger partial charge on any atom is -0.353 e. The zero-order valence-electron chi connectivity index (χ0n) is 15.4. The molecule has 1 saturated carbocycles. The van der Waals surface area contributed by atoms with Crippen molar-refractivity contribution in [3.05, 3.63) is 35.6 Å². The number of nitrogens with zero attached hydrogens (tertiary/aromatic N) is 2. The van der Waals surface area contributed by atoms with Crippen molar-refractivity contribution in [1.82, 2.24) is 15.5 Å². The van der Waals surface area contributed by atoms with Crippen molar-refractivity contribution in [2.75, 3.05) is 20.6 Å². The van der Waals surface area contributed by atoms with E-state index >= 15 is 0 Å². The van der Waals surface area contributed by atoms with E-state index in [1.54, 1.807) is 25.1 Å². The van der Waals surface area contributed by atoms with E-state index in [-0.39, 0.29) is 18.3 Å². The first kappa shape index (κ1) is 19.2. The zero-order valence-corrected chi connectivity index (χ0v) is 15.4. The fourth-order valence-electron chi connectivity index (χ4n) is 2.98. The molecule has 6 heteroatoms. The van der Waals surface area contributed by atoms with Crippen molar-refractivity contribution in [1.29, 1.82) is 0 Å². The lowest BCUT2D eigenvalue weighted by Crippen LogP contribution is -2.49. The van der Waals surface area contributed by atoms with Crippen molar-refractivity contribution in [3.8, 4) is 0 Å². The highest BCUT2D eigenvalue weighted by molar-refractivity contribution is 5.86. The van der Waals surface area contributed by atoms with E-state index in [9.17, 15) is 9.18 Å². The Morgan fingerprint density at radius 2 is 2.08 bits per heavy atom. The van der Waals surface area contributed by atoms with Gasteiger partial charge in [0.1, 0.15) is 5.82 Å². The second-order valence-corrected chi connectivity index (χ2v) is 6.95. The molecular weight excluding hydrogens is 319 g/mol. The highest BCUT2D eigenvalue weighted by Gasteiger charge is 2.22. The molecule has 1 aromatic rings. The minimum absolute atomic E-state index is 0.0167. The Bertz CT molecular complexity index is 603. The highest BCUT2D eigenvalue weighted by atomic mass is 19.1. The molecule has 2 rings (SSSR count). The number of likely N-dealkylation sites (N-methyl/N-ethyl adjacent to an activating group) is 1. The number of carbonyl (C=O) groups excluding carboxylic acids is 1. The molecule has 2 N–H and O–H groups in total. The lowest BCUT2D eigenvalue weighted by atomic mass is 9.86. The van der Waals surface area contributed by atoms with Gasteiger partial charge < -0.3 is 15.5 Å². The third-order valence-electron chi connectivity index (χ3n) is 4.65. The molecule has 1 fully saturated rings. The fourth-order valence-corrected chi connectivity index (χ4v) is 2.98. The van der Waals surface area contributed by atoms with E-state index in [1.165, 1.54) is 31.4 Å². The van der Waals surface area contributed by atoms with Crippen LogP contribution in [0, 0.1) is 11.7 Å². The molecule has 2 unspecified atom stereocenters. The van der Waals surface area contributed by atoms with E-state index in [4.69, 9.17) is 0 Å². The molecule has 0 bridgehead atoms. The van der Waals surface area contributed by atoms with Gasteiger partial charge in [0, 0.05) is 20.1 Å². The zero-order chi connectivity index (χ0) is 18.2. The number of hydrogen-bond acceptors (Lipinski definition) is 2. The highest BCUT2D eigenvalue weighted by Crippen LogP contribution is 2.23. The molecule has 1 aliphatic rings. The van der Waals surface area contributed by atoms with Gasteiger partial charge in [-0.2, -0.15) is 0 Å². The summed E-state index contributed by atoms with van der Waals surface area (Å²) in [5, 5.41) is 6.57. The summed E-state index contributed by atoms with van der Waals surface area (Å²) in [6, 6.07) is 6.78. The van der Waals surface area contributed by atoms with Crippen LogP contribution in [0.4, 0.5) is 4.39 Å². The number of nitrogens with one attached hydrogen (secondary N) is 2. The summed E-state index contributed by atoms with van der Waals surface area (Å²) in [6.07, 6.45) is 4.77. The SMILES string of the molecule is CC1CCCCC1NC(=NCc1cccc(F)c1)NCC(=O)N(C)C. The van der Waals surface area contributed by atoms with Crippen LogP contribution >= 0.6 is 0 Å². The van der Waals surface area contributed by atoms with Gasteiger partial charge in [-0.1, -0.05) is 31.9 Å². The lowest BCUT2D eigenvalue weighted by molar-refractivity contribution is -0.127. The van der Waals surface area contributed by atoms with Crippen LogP contribution in [0.3, 0.4) is 0 Å². The first-order valence-corrected chi connectivity index (χ1v) is 8.95. The maximum absolute atomic E-state index is 13.3. The number of amides is 1. The first-order chi connectivity index (χ1) is 12.0. The van der Waals surface area contributed by atoms with Crippen LogP contribution in [0.15, 0.2) is 29.3 Å². The Hall–Kier alpha value is -2.11. The number of hydrogen-bond donors (Lipinski definition) is 2. The monoisotopic (exact) mass is 348 g/mol. The Kier molecular flexibility index (Phi) is 7.22. The van der Waals surface area contributed by atoms with Crippen LogP contribution in [-0.4, -0.2) is 43.4 Å². The topological polar surface area (TPSA) is 56.7 Å². The fraction of sp³-hybridized carbons (Fsp3) is 0.579. The van der Waals surface area contributed by atoms with E-state index in [1.807, 2.05) is 6.07 Å². The molecule has 0 spiro atoms. The number of benzene rings is 1. The van der Waals surface area contributed by atoms with Gasteiger partial charge in [-0.05, 0) is 36.5 Å². The average Bonchev–Trinajstić information content (AvgIpc) is 2.58. The molecule has 1 aromatic carbocycles. The molecule has 1 amide bonds. The summed E-state index contributed by atoms with van der Waals surface area (Å²) < 4.78 is 13.3. The maximum atomic E-state index is 13.3. The molecule has 0 heterocycles. The summed E-state index contributed by atoms with van der Waals surface area (Å²) in [5.74, 6) is 0.897. The van der Waals surface area contributed by atoms with Crippen molar-refractivity contribution in [3.63, 3.8) is 0 Å². The van der Waals surface area contributed by atoms with Crippen molar-refractivity contribution in [2.45, 2.75) is 45.2 Å². The lowest BCUT2D eigenvalue weighted by Gasteiger charge is -2.31. The molecule has 5 nitrogen and oxygen atoms in total. The largest absolute Gasteiger partial charge is 0.353 e. The van der Waals surface area contributed by atoms with Crippen LogP contribution in [0.25, 0.3) is 0 Å². The summed E-state index contributed by atoms with van der Waals surface area (Å²) in [5.41, 5.74) is 0.803. The molecule has 0 saturated heterocycles. The van der Waals surface area contributed by atoms with Crippen LogP contribution in [0.2, 0.25) is 0 Å². The van der Waals surface area contributed by atoms with Gasteiger partial charge in [0.15, 0.2) is 5.96 Å². The number of carbonyl (C=O) groups is 1.